The van der Waals surface area contributed by atoms with Gasteiger partial charge in [-0.1, -0.05) is 5.16 Å². The molecule has 0 saturated carbocycles. The van der Waals surface area contributed by atoms with Crippen molar-refractivity contribution in [3.63, 3.8) is 0 Å². The molecule has 2 fully saturated rings. The van der Waals surface area contributed by atoms with Gasteiger partial charge >= 0.3 is 0 Å². The van der Waals surface area contributed by atoms with Crippen LogP contribution < -0.4 is 5.32 Å². The first-order valence-electron chi connectivity index (χ1n) is 6.55. The van der Waals surface area contributed by atoms with Crippen LogP contribution in [0.4, 0.5) is 0 Å². The Morgan fingerprint density at radius 1 is 1.18 bits per heavy atom. The lowest BCUT2D eigenvalue weighted by Crippen LogP contribution is -2.26. The van der Waals surface area contributed by atoms with Crippen molar-refractivity contribution in [1.29, 1.82) is 0 Å². The number of nitrogens with one attached hydrogen (secondary N) is 1. The average molecular weight is 253 g/mol. The number of aromatic nitrogens is 2. The van der Waals surface area contributed by atoms with E-state index >= 15 is 0 Å². The summed E-state index contributed by atoms with van der Waals surface area (Å²) in [7, 11) is 0. The lowest BCUT2D eigenvalue weighted by Gasteiger charge is -2.19. The summed E-state index contributed by atoms with van der Waals surface area (Å²) in [5.41, 5.74) is 0. The minimum atomic E-state index is 0.480. The van der Waals surface area contributed by atoms with Gasteiger partial charge in [-0.05, 0) is 44.5 Å². The van der Waals surface area contributed by atoms with Gasteiger partial charge in [-0.2, -0.15) is 16.7 Å². The zero-order valence-electron chi connectivity index (χ0n) is 10.0. The summed E-state index contributed by atoms with van der Waals surface area (Å²) in [4.78, 5) is 4.64. The third kappa shape index (κ3) is 2.65. The standard InChI is InChI=1S/C12H19N3OS/c1-2-10(8-17-7-1)11-14-12(16-15-11)9-3-5-13-6-4-9/h9-10,13H,1-8H2. The van der Waals surface area contributed by atoms with Gasteiger partial charge in [0.25, 0.3) is 0 Å². The minimum Gasteiger partial charge on any atom is -0.339 e. The van der Waals surface area contributed by atoms with Crippen molar-refractivity contribution < 1.29 is 4.52 Å². The zero-order valence-corrected chi connectivity index (χ0v) is 10.8. The molecule has 5 heteroatoms. The van der Waals surface area contributed by atoms with Crippen LogP contribution in [-0.4, -0.2) is 34.7 Å². The molecule has 0 aromatic carbocycles. The van der Waals surface area contributed by atoms with Gasteiger partial charge in [0, 0.05) is 17.6 Å². The van der Waals surface area contributed by atoms with Gasteiger partial charge in [0.15, 0.2) is 5.82 Å². The van der Waals surface area contributed by atoms with Crippen molar-refractivity contribution in [3.05, 3.63) is 11.7 Å². The quantitative estimate of drug-likeness (QED) is 0.875. The van der Waals surface area contributed by atoms with Crippen molar-refractivity contribution in [2.75, 3.05) is 24.6 Å². The second-order valence-corrected chi connectivity index (χ2v) is 6.08. The lowest BCUT2D eigenvalue weighted by atomic mass is 9.98. The predicted octanol–water partition coefficient (Wildman–Crippen LogP) is 2.15. The van der Waals surface area contributed by atoms with Gasteiger partial charge in [-0.15, -0.1) is 0 Å². The Bertz CT molecular complexity index is 324. The first kappa shape index (κ1) is 11.5. The Morgan fingerprint density at radius 2 is 2.06 bits per heavy atom. The number of hydrogen-bond donors (Lipinski definition) is 1. The number of hydrogen-bond acceptors (Lipinski definition) is 5. The summed E-state index contributed by atoms with van der Waals surface area (Å²) in [6, 6.07) is 0. The molecule has 3 rings (SSSR count). The highest BCUT2D eigenvalue weighted by molar-refractivity contribution is 7.99. The Morgan fingerprint density at radius 3 is 2.82 bits per heavy atom. The van der Waals surface area contributed by atoms with Crippen molar-refractivity contribution in [2.24, 2.45) is 0 Å². The molecule has 94 valence electrons. The van der Waals surface area contributed by atoms with E-state index in [-0.39, 0.29) is 0 Å². The number of piperidine rings is 1. The predicted molar refractivity (Wildman–Crippen MR) is 68.4 cm³/mol. The molecule has 1 aromatic heterocycles. The Hall–Kier alpha value is -0.550. The maximum Gasteiger partial charge on any atom is 0.229 e. The fourth-order valence-electron chi connectivity index (χ4n) is 2.59. The Kier molecular flexibility index (Phi) is 3.66. The normalized spacial score (nSPS) is 27.2. The van der Waals surface area contributed by atoms with Crippen LogP contribution in [0.3, 0.4) is 0 Å². The molecule has 0 aliphatic carbocycles. The third-order valence-corrected chi connectivity index (χ3v) is 4.89. The van der Waals surface area contributed by atoms with E-state index in [1.165, 1.54) is 18.6 Å². The van der Waals surface area contributed by atoms with Crippen LogP contribution in [0.25, 0.3) is 0 Å². The van der Waals surface area contributed by atoms with E-state index in [0.717, 1.165) is 43.4 Å². The van der Waals surface area contributed by atoms with E-state index in [9.17, 15) is 0 Å². The van der Waals surface area contributed by atoms with Gasteiger partial charge in [-0.25, -0.2) is 0 Å². The van der Waals surface area contributed by atoms with Crippen LogP contribution in [0.5, 0.6) is 0 Å². The maximum absolute atomic E-state index is 5.46. The molecule has 0 bridgehead atoms. The monoisotopic (exact) mass is 253 g/mol. The van der Waals surface area contributed by atoms with Crippen LogP contribution in [0, 0.1) is 0 Å². The fourth-order valence-corrected chi connectivity index (χ4v) is 3.73. The molecule has 2 saturated heterocycles. The molecule has 2 aliphatic heterocycles. The van der Waals surface area contributed by atoms with Crippen LogP contribution in [0.15, 0.2) is 4.52 Å². The van der Waals surface area contributed by atoms with Crippen LogP contribution in [0.1, 0.15) is 49.2 Å². The van der Waals surface area contributed by atoms with Gasteiger partial charge in [0.05, 0.1) is 0 Å². The van der Waals surface area contributed by atoms with E-state index < -0.39 is 0 Å². The van der Waals surface area contributed by atoms with Crippen molar-refractivity contribution in [2.45, 2.75) is 37.5 Å². The number of thioether (sulfide) groups is 1. The van der Waals surface area contributed by atoms with E-state index in [2.05, 4.69) is 15.5 Å². The summed E-state index contributed by atoms with van der Waals surface area (Å²) in [5.74, 6) is 5.27. The van der Waals surface area contributed by atoms with Crippen molar-refractivity contribution in [1.82, 2.24) is 15.5 Å². The summed E-state index contributed by atoms with van der Waals surface area (Å²) < 4.78 is 5.46. The van der Waals surface area contributed by atoms with Crippen molar-refractivity contribution in [3.8, 4) is 0 Å². The van der Waals surface area contributed by atoms with E-state index in [1.54, 1.807) is 0 Å². The molecule has 1 unspecified atom stereocenters. The molecule has 1 aromatic rings. The molecule has 0 amide bonds. The van der Waals surface area contributed by atoms with E-state index in [1.807, 2.05) is 11.8 Å². The average Bonchev–Trinajstić information content (AvgIpc) is 2.90. The molecule has 1 N–H and O–H groups in total. The highest BCUT2D eigenvalue weighted by Gasteiger charge is 2.25. The molecule has 1 atom stereocenters. The fraction of sp³-hybridized carbons (Fsp3) is 0.833. The molecular formula is C12H19N3OS. The molecular weight excluding hydrogens is 234 g/mol. The van der Waals surface area contributed by atoms with Gasteiger partial charge in [0.2, 0.25) is 5.89 Å². The minimum absolute atomic E-state index is 0.480. The largest absolute Gasteiger partial charge is 0.339 e. The molecule has 3 heterocycles. The second kappa shape index (κ2) is 5.40. The van der Waals surface area contributed by atoms with Crippen LogP contribution in [-0.2, 0) is 0 Å². The van der Waals surface area contributed by atoms with Crippen LogP contribution in [0.2, 0.25) is 0 Å². The van der Waals surface area contributed by atoms with E-state index in [4.69, 9.17) is 4.52 Å². The second-order valence-electron chi connectivity index (χ2n) is 4.93. The molecule has 17 heavy (non-hydrogen) atoms. The third-order valence-electron chi connectivity index (χ3n) is 3.67. The highest BCUT2D eigenvalue weighted by Crippen LogP contribution is 2.31. The van der Waals surface area contributed by atoms with Gasteiger partial charge in [0.1, 0.15) is 0 Å². The molecule has 4 nitrogen and oxygen atoms in total. The first-order valence-corrected chi connectivity index (χ1v) is 7.71. The summed E-state index contributed by atoms with van der Waals surface area (Å²) in [6.07, 6.45) is 4.76. The van der Waals surface area contributed by atoms with Gasteiger partial charge < -0.3 is 9.84 Å². The smallest absolute Gasteiger partial charge is 0.229 e. The number of nitrogens with zero attached hydrogens (tertiary/aromatic N) is 2. The van der Waals surface area contributed by atoms with E-state index in [0.29, 0.717) is 11.8 Å². The summed E-state index contributed by atoms with van der Waals surface area (Å²) in [5, 5.41) is 7.56. The van der Waals surface area contributed by atoms with Gasteiger partial charge in [-0.3, -0.25) is 0 Å². The topological polar surface area (TPSA) is 51.0 Å². The number of rotatable bonds is 2. The maximum atomic E-state index is 5.46. The Balaban J connectivity index is 1.68. The SMILES string of the molecule is C1CSCC(c2noc(C3CCNCC3)n2)C1. The van der Waals surface area contributed by atoms with Crippen molar-refractivity contribution >= 4 is 11.8 Å². The Labute approximate surface area is 106 Å². The zero-order chi connectivity index (χ0) is 11.5. The highest BCUT2D eigenvalue weighted by atomic mass is 32.2. The molecule has 0 radical (unpaired) electrons. The molecule has 0 spiro atoms. The molecule has 2 aliphatic rings. The van der Waals surface area contributed by atoms with Crippen LogP contribution >= 0.6 is 11.8 Å². The summed E-state index contributed by atoms with van der Waals surface area (Å²) >= 11 is 2.01. The summed E-state index contributed by atoms with van der Waals surface area (Å²) in [6.45, 7) is 2.14. The first-order chi connectivity index (χ1) is 8.43. The lowest BCUT2D eigenvalue weighted by molar-refractivity contribution is 0.317.